The minimum absolute atomic E-state index is 0.0124. The van der Waals surface area contributed by atoms with E-state index in [1.165, 1.54) is 0 Å². The number of benzene rings is 1. The quantitative estimate of drug-likeness (QED) is 0.666. The fraction of sp³-hybridized carbons (Fsp3) is 0.533. The lowest BCUT2D eigenvalue weighted by atomic mass is 10.0. The number of nitrogens with one attached hydrogen (secondary N) is 1. The molecule has 0 aliphatic rings. The summed E-state index contributed by atoms with van der Waals surface area (Å²) in [6.07, 6.45) is 1.23. The molecule has 1 N–H and O–H groups in total. The highest BCUT2D eigenvalue weighted by atomic mass is 79.9. The van der Waals surface area contributed by atoms with Crippen molar-refractivity contribution in [3.8, 4) is 5.75 Å². The second kappa shape index (κ2) is 8.67. The smallest absolute Gasteiger partial charge is 0.223 e. The van der Waals surface area contributed by atoms with E-state index in [0.717, 1.165) is 28.4 Å². The number of aryl methyl sites for hydroxylation is 1. The van der Waals surface area contributed by atoms with Gasteiger partial charge in [0.1, 0.15) is 5.75 Å². The highest BCUT2D eigenvalue weighted by molar-refractivity contribution is 9.09. The molecule has 1 aromatic carbocycles. The second-order valence-electron chi connectivity index (χ2n) is 4.86. The number of rotatable bonds is 8. The van der Waals surface area contributed by atoms with Crippen LogP contribution in [0.1, 0.15) is 25.3 Å². The molecule has 0 fully saturated rings. The molecule has 5 heteroatoms. The highest BCUT2D eigenvalue weighted by Crippen LogP contribution is 2.17. The van der Waals surface area contributed by atoms with E-state index in [4.69, 9.17) is 4.74 Å². The Labute approximate surface area is 137 Å². The molecule has 0 spiro atoms. The lowest BCUT2D eigenvalue weighted by Gasteiger charge is -2.30. The van der Waals surface area contributed by atoms with Crippen LogP contribution in [0.2, 0.25) is 0 Å². The van der Waals surface area contributed by atoms with Gasteiger partial charge in [-0.3, -0.25) is 4.79 Å². The van der Waals surface area contributed by atoms with Crippen LogP contribution < -0.4 is 10.1 Å². The first-order valence-electron chi connectivity index (χ1n) is 6.67. The zero-order valence-corrected chi connectivity index (χ0v) is 15.1. The molecular weight excluding hydrogens is 386 g/mol. The van der Waals surface area contributed by atoms with Crippen LogP contribution in [0.15, 0.2) is 24.3 Å². The van der Waals surface area contributed by atoms with Gasteiger partial charge in [0.25, 0.3) is 0 Å². The molecular formula is C15H21Br2NO2. The van der Waals surface area contributed by atoms with E-state index in [1.807, 2.05) is 31.2 Å². The van der Waals surface area contributed by atoms with Gasteiger partial charge in [-0.1, -0.05) is 50.9 Å². The predicted molar refractivity (Wildman–Crippen MR) is 90.0 cm³/mol. The Balaban J connectivity index is 2.40. The Morgan fingerprint density at radius 3 is 2.60 bits per heavy atom. The lowest BCUT2D eigenvalue weighted by molar-refractivity contribution is -0.123. The van der Waals surface area contributed by atoms with Crippen molar-refractivity contribution in [2.45, 2.75) is 32.2 Å². The van der Waals surface area contributed by atoms with Gasteiger partial charge in [0, 0.05) is 10.7 Å². The summed E-state index contributed by atoms with van der Waals surface area (Å²) in [4.78, 5) is 12.0. The number of amides is 1. The van der Waals surface area contributed by atoms with E-state index in [0.29, 0.717) is 13.0 Å². The van der Waals surface area contributed by atoms with Crippen molar-refractivity contribution >= 4 is 37.8 Å². The first kappa shape index (κ1) is 17.5. The van der Waals surface area contributed by atoms with Crippen LogP contribution in [0.5, 0.6) is 5.75 Å². The van der Waals surface area contributed by atoms with Gasteiger partial charge in [0.15, 0.2) is 0 Å². The van der Waals surface area contributed by atoms with Crippen molar-refractivity contribution in [3.63, 3.8) is 0 Å². The molecule has 0 saturated heterocycles. The monoisotopic (exact) mass is 405 g/mol. The van der Waals surface area contributed by atoms with E-state index in [9.17, 15) is 4.79 Å². The molecule has 20 heavy (non-hydrogen) atoms. The topological polar surface area (TPSA) is 38.3 Å². The van der Waals surface area contributed by atoms with Gasteiger partial charge in [-0.25, -0.2) is 0 Å². The number of carbonyl (C=O) groups excluding carboxylic acids is 1. The van der Waals surface area contributed by atoms with Crippen LogP contribution in [0.3, 0.4) is 0 Å². The Bertz CT molecular complexity index is 425. The van der Waals surface area contributed by atoms with E-state index < -0.39 is 0 Å². The molecule has 0 unspecified atom stereocenters. The average molecular weight is 407 g/mol. The third-order valence-corrected chi connectivity index (χ3v) is 5.33. The van der Waals surface area contributed by atoms with E-state index in [2.05, 4.69) is 44.1 Å². The number of ether oxygens (including phenoxy) is 1. The van der Waals surface area contributed by atoms with Gasteiger partial charge in [0.05, 0.1) is 18.6 Å². The number of hydrogen-bond acceptors (Lipinski definition) is 2. The van der Waals surface area contributed by atoms with Crippen molar-refractivity contribution in [2.75, 3.05) is 17.3 Å². The summed E-state index contributed by atoms with van der Waals surface area (Å²) in [6, 6.07) is 7.83. The maximum absolute atomic E-state index is 12.0. The predicted octanol–water partition coefficient (Wildman–Crippen LogP) is 3.82. The Morgan fingerprint density at radius 1 is 1.35 bits per heavy atom. The highest BCUT2D eigenvalue weighted by Gasteiger charge is 2.27. The largest absolute Gasteiger partial charge is 0.493 e. The molecule has 0 heterocycles. The van der Waals surface area contributed by atoms with E-state index in [1.54, 1.807) is 0 Å². The van der Waals surface area contributed by atoms with Gasteiger partial charge in [-0.15, -0.1) is 0 Å². The summed E-state index contributed by atoms with van der Waals surface area (Å²) in [5, 5.41) is 4.52. The summed E-state index contributed by atoms with van der Waals surface area (Å²) in [7, 11) is 0. The van der Waals surface area contributed by atoms with Crippen LogP contribution in [-0.4, -0.2) is 28.7 Å². The summed E-state index contributed by atoms with van der Waals surface area (Å²) in [6.45, 7) is 4.47. The van der Waals surface area contributed by atoms with Crippen LogP contribution in [0, 0.1) is 6.92 Å². The minimum Gasteiger partial charge on any atom is -0.493 e. The number of carbonyl (C=O) groups is 1. The molecule has 1 aromatic rings. The molecule has 0 aliphatic heterocycles. The first-order valence-corrected chi connectivity index (χ1v) is 8.92. The first-order chi connectivity index (χ1) is 9.55. The van der Waals surface area contributed by atoms with Crippen LogP contribution in [0.4, 0.5) is 0 Å². The van der Waals surface area contributed by atoms with E-state index >= 15 is 0 Å². The van der Waals surface area contributed by atoms with E-state index in [-0.39, 0.29) is 11.4 Å². The molecule has 0 bridgehead atoms. The Hall–Kier alpha value is -0.550. The third-order valence-electron chi connectivity index (χ3n) is 3.18. The second-order valence-corrected chi connectivity index (χ2v) is 5.99. The zero-order valence-electron chi connectivity index (χ0n) is 11.9. The standard InChI is InChI=1S/C15H21Br2NO2/c1-3-15(10-16,11-17)18-14(19)7-8-20-13-6-4-5-12(2)9-13/h4-6,9H,3,7-8,10-11H2,1-2H3,(H,18,19). The third kappa shape index (κ3) is 5.44. The Kier molecular flexibility index (Phi) is 7.59. The molecule has 0 aliphatic carbocycles. The molecule has 0 atom stereocenters. The van der Waals surface area contributed by atoms with Crippen LogP contribution in [0.25, 0.3) is 0 Å². The number of halogens is 2. The lowest BCUT2D eigenvalue weighted by Crippen LogP contribution is -2.51. The summed E-state index contributed by atoms with van der Waals surface area (Å²) in [5.41, 5.74) is 0.927. The maximum atomic E-state index is 12.0. The normalized spacial score (nSPS) is 11.2. The van der Waals surface area contributed by atoms with Gasteiger partial charge in [0.2, 0.25) is 5.91 Å². The maximum Gasteiger partial charge on any atom is 0.223 e. The van der Waals surface area contributed by atoms with Crippen molar-refractivity contribution in [3.05, 3.63) is 29.8 Å². The van der Waals surface area contributed by atoms with Gasteiger partial charge in [-0.2, -0.15) is 0 Å². The van der Waals surface area contributed by atoms with Crippen molar-refractivity contribution in [2.24, 2.45) is 0 Å². The summed E-state index contributed by atoms with van der Waals surface area (Å²) in [5.74, 6) is 0.818. The zero-order chi connectivity index (χ0) is 15.0. The van der Waals surface area contributed by atoms with Crippen molar-refractivity contribution in [1.82, 2.24) is 5.32 Å². The summed E-state index contributed by atoms with van der Waals surface area (Å²) < 4.78 is 5.59. The number of hydrogen-bond donors (Lipinski definition) is 1. The Morgan fingerprint density at radius 2 is 2.05 bits per heavy atom. The molecule has 0 saturated carbocycles. The van der Waals surface area contributed by atoms with Gasteiger partial charge >= 0.3 is 0 Å². The minimum atomic E-state index is -0.222. The van der Waals surface area contributed by atoms with Gasteiger partial charge in [-0.05, 0) is 31.0 Å². The fourth-order valence-electron chi connectivity index (χ4n) is 1.70. The average Bonchev–Trinajstić information content (AvgIpc) is 2.45. The van der Waals surface area contributed by atoms with Crippen molar-refractivity contribution < 1.29 is 9.53 Å². The van der Waals surface area contributed by atoms with Crippen LogP contribution in [-0.2, 0) is 4.79 Å². The van der Waals surface area contributed by atoms with Crippen molar-refractivity contribution in [1.29, 1.82) is 0 Å². The molecule has 1 amide bonds. The number of alkyl halides is 2. The van der Waals surface area contributed by atoms with Crippen LogP contribution >= 0.6 is 31.9 Å². The molecule has 112 valence electrons. The SMILES string of the molecule is CCC(CBr)(CBr)NC(=O)CCOc1cccc(C)c1. The fourth-order valence-corrected chi connectivity index (χ4v) is 3.71. The summed E-state index contributed by atoms with van der Waals surface area (Å²) >= 11 is 6.92. The molecule has 0 radical (unpaired) electrons. The molecule has 1 rings (SSSR count). The molecule has 3 nitrogen and oxygen atoms in total. The van der Waals surface area contributed by atoms with Gasteiger partial charge < -0.3 is 10.1 Å². The molecule has 0 aromatic heterocycles.